The predicted molar refractivity (Wildman–Crippen MR) is 79.5 cm³/mol. The molecule has 1 amide bonds. The zero-order chi connectivity index (χ0) is 15.7. The minimum Gasteiger partial charge on any atom is -0.484 e. The van der Waals surface area contributed by atoms with Crippen LogP contribution >= 0.6 is 0 Å². The molecule has 3 rings (SSSR count). The highest BCUT2D eigenvalue weighted by molar-refractivity contribution is 6.14. The Morgan fingerprint density at radius 2 is 2.23 bits per heavy atom. The third-order valence-electron chi connectivity index (χ3n) is 3.29. The summed E-state index contributed by atoms with van der Waals surface area (Å²) < 4.78 is 12.7. The summed E-state index contributed by atoms with van der Waals surface area (Å²) in [6.07, 6.45) is 3.57. The Morgan fingerprint density at radius 1 is 1.41 bits per heavy atom. The van der Waals surface area contributed by atoms with E-state index in [1.54, 1.807) is 24.3 Å². The largest absolute Gasteiger partial charge is 0.484 e. The number of carbonyl (C=O) groups is 2. The fraction of sp³-hybridized carbons (Fsp3) is 0.125. The molecule has 1 aromatic heterocycles. The number of carbonyl (C=O) groups excluding carboxylic acids is 2. The lowest BCUT2D eigenvalue weighted by molar-refractivity contribution is -0.119. The van der Waals surface area contributed by atoms with Gasteiger partial charge in [-0.1, -0.05) is 0 Å². The van der Waals surface area contributed by atoms with Crippen LogP contribution in [0.1, 0.15) is 16.1 Å². The third kappa shape index (κ3) is 2.58. The van der Waals surface area contributed by atoms with Gasteiger partial charge in [-0.25, -0.2) is 0 Å². The number of rotatable bonds is 4. The standard InChI is InChI=1S/C16H14N2O4/c1-18-6-2-3-10(18)7-14-16(20)12-5-4-11(8-13(12)22-14)21-9-15(17)19/h2-8H,9H2,1H3,(H2,17,19)/b14-7+. The van der Waals surface area contributed by atoms with E-state index < -0.39 is 5.91 Å². The topological polar surface area (TPSA) is 83.5 Å². The van der Waals surface area contributed by atoms with Gasteiger partial charge in [0.1, 0.15) is 11.5 Å². The molecular formula is C16H14N2O4. The molecule has 1 aromatic carbocycles. The number of fused-ring (bicyclic) bond motifs is 1. The van der Waals surface area contributed by atoms with Gasteiger partial charge in [-0.3, -0.25) is 9.59 Å². The van der Waals surface area contributed by atoms with Gasteiger partial charge in [0.2, 0.25) is 5.78 Å². The monoisotopic (exact) mass is 298 g/mol. The highest BCUT2D eigenvalue weighted by atomic mass is 16.5. The van der Waals surface area contributed by atoms with E-state index in [0.717, 1.165) is 5.69 Å². The number of aryl methyl sites for hydroxylation is 1. The highest BCUT2D eigenvalue weighted by Crippen LogP contribution is 2.34. The molecule has 6 nitrogen and oxygen atoms in total. The average Bonchev–Trinajstić information content (AvgIpc) is 3.02. The number of nitrogens with zero attached hydrogens (tertiary/aromatic N) is 1. The minimum atomic E-state index is -0.568. The lowest BCUT2D eigenvalue weighted by Crippen LogP contribution is -2.19. The molecule has 0 radical (unpaired) electrons. The molecular weight excluding hydrogens is 284 g/mol. The average molecular weight is 298 g/mol. The van der Waals surface area contributed by atoms with Crippen LogP contribution in [0.3, 0.4) is 0 Å². The fourth-order valence-corrected chi connectivity index (χ4v) is 2.17. The number of amides is 1. The predicted octanol–water partition coefficient (Wildman–Crippen LogP) is 1.51. The van der Waals surface area contributed by atoms with E-state index in [1.807, 2.05) is 29.9 Å². The van der Waals surface area contributed by atoms with Gasteiger partial charge in [0, 0.05) is 31.1 Å². The number of primary amides is 1. The molecule has 2 heterocycles. The Morgan fingerprint density at radius 3 is 2.91 bits per heavy atom. The van der Waals surface area contributed by atoms with Crippen molar-refractivity contribution in [1.82, 2.24) is 4.57 Å². The van der Waals surface area contributed by atoms with Crippen molar-refractivity contribution >= 4 is 17.8 Å². The van der Waals surface area contributed by atoms with Crippen molar-refractivity contribution in [3.8, 4) is 11.5 Å². The maximum absolute atomic E-state index is 12.3. The zero-order valence-electron chi connectivity index (χ0n) is 11.9. The van der Waals surface area contributed by atoms with Gasteiger partial charge < -0.3 is 19.8 Å². The third-order valence-corrected chi connectivity index (χ3v) is 3.29. The van der Waals surface area contributed by atoms with Crippen LogP contribution in [0, 0.1) is 0 Å². The molecule has 0 spiro atoms. The number of benzene rings is 1. The SMILES string of the molecule is Cn1cccc1/C=C1/Oc2cc(OCC(N)=O)ccc2C1=O. The van der Waals surface area contributed by atoms with Crippen LogP contribution in [0.5, 0.6) is 11.5 Å². The summed E-state index contributed by atoms with van der Waals surface area (Å²) in [6, 6.07) is 8.55. The Labute approximate surface area is 126 Å². The Hall–Kier alpha value is -3.02. The second-order valence-electron chi connectivity index (χ2n) is 4.90. The normalized spacial score (nSPS) is 14.8. The number of aromatic nitrogens is 1. The molecule has 6 heteroatoms. The smallest absolute Gasteiger partial charge is 0.255 e. The molecule has 0 saturated heterocycles. The summed E-state index contributed by atoms with van der Waals surface area (Å²) in [4.78, 5) is 23.0. The Balaban J connectivity index is 1.86. The molecule has 0 aliphatic carbocycles. The highest BCUT2D eigenvalue weighted by Gasteiger charge is 2.28. The first-order valence-electron chi connectivity index (χ1n) is 6.65. The first kappa shape index (κ1) is 13.9. The molecule has 2 aromatic rings. The number of nitrogens with two attached hydrogens (primary N) is 1. The van der Waals surface area contributed by atoms with E-state index in [-0.39, 0.29) is 18.1 Å². The van der Waals surface area contributed by atoms with E-state index in [4.69, 9.17) is 15.2 Å². The number of Topliss-reactive ketones (excluding diaryl/α,β-unsaturated/α-hetero) is 1. The molecule has 1 aliphatic rings. The molecule has 0 saturated carbocycles. The summed E-state index contributed by atoms with van der Waals surface area (Å²) in [5.41, 5.74) is 6.35. The number of ketones is 1. The van der Waals surface area contributed by atoms with Gasteiger partial charge in [0.25, 0.3) is 5.91 Å². The minimum absolute atomic E-state index is 0.183. The summed E-state index contributed by atoms with van der Waals surface area (Å²) >= 11 is 0. The molecule has 22 heavy (non-hydrogen) atoms. The van der Waals surface area contributed by atoms with E-state index in [0.29, 0.717) is 17.1 Å². The van der Waals surface area contributed by atoms with Crippen LogP contribution in [0.4, 0.5) is 0 Å². The van der Waals surface area contributed by atoms with Crippen molar-refractivity contribution in [3.05, 3.63) is 53.5 Å². The van der Waals surface area contributed by atoms with Crippen LogP contribution in [0.2, 0.25) is 0 Å². The number of hydrogen-bond acceptors (Lipinski definition) is 4. The van der Waals surface area contributed by atoms with Crippen LogP contribution < -0.4 is 15.2 Å². The summed E-state index contributed by atoms with van der Waals surface area (Å²) in [6.45, 7) is -0.223. The van der Waals surface area contributed by atoms with Gasteiger partial charge in [-0.2, -0.15) is 0 Å². The molecule has 112 valence electrons. The van der Waals surface area contributed by atoms with Gasteiger partial charge in [-0.15, -0.1) is 0 Å². The van der Waals surface area contributed by atoms with Gasteiger partial charge in [-0.05, 0) is 24.3 Å². The molecule has 2 N–H and O–H groups in total. The number of hydrogen-bond donors (Lipinski definition) is 1. The Kier molecular flexibility index (Phi) is 3.42. The maximum Gasteiger partial charge on any atom is 0.255 e. The molecule has 0 unspecified atom stereocenters. The lowest BCUT2D eigenvalue weighted by Gasteiger charge is -2.04. The second kappa shape index (κ2) is 5.40. The van der Waals surface area contributed by atoms with Crippen molar-refractivity contribution < 1.29 is 19.1 Å². The molecule has 1 aliphatic heterocycles. The van der Waals surface area contributed by atoms with E-state index in [1.165, 1.54) is 0 Å². The van der Waals surface area contributed by atoms with Crippen LogP contribution in [-0.2, 0) is 11.8 Å². The van der Waals surface area contributed by atoms with Gasteiger partial charge >= 0.3 is 0 Å². The quantitative estimate of drug-likeness (QED) is 0.867. The van der Waals surface area contributed by atoms with Gasteiger partial charge in [0.15, 0.2) is 12.4 Å². The zero-order valence-corrected chi connectivity index (χ0v) is 11.9. The van der Waals surface area contributed by atoms with Crippen molar-refractivity contribution in [2.45, 2.75) is 0 Å². The van der Waals surface area contributed by atoms with E-state index in [2.05, 4.69) is 0 Å². The molecule has 0 bridgehead atoms. The van der Waals surface area contributed by atoms with Crippen LogP contribution in [0.25, 0.3) is 6.08 Å². The van der Waals surface area contributed by atoms with Crippen molar-refractivity contribution in [1.29, 1.82) is 0 Å². The van der Waals surface area contributed by atoms with E-state index >= 15 is 0 Å². The maximum atomic E-state index is 12.3. The molecule has 0 atom stereocenters. The van der Waals surface area contributed by atoms with Crippen molar-refractivity contribution in [2.24, 2.45) is 12.8 Å². The number of allylic oxidation sites excluding steroid dienone is 1. The fourth-order valence-electron chi connectivity index (χ4n) is 2.17. The van der Waals surface area contributed by atoms with Crippen LogP contribution in [0.15, 0.2) is 42.3 Å². The first-order chi connectivity index (χ1) is 10.5. The van der Waals surface area contributed by atoms with Crippen molar-refractivity contribution in [2.75, 3.05) is 6.61 Å². The molecule has 0 fully saturated rings. The Bertz CT molecular complexity index is 789. The van der Waals surface area contributed by atoms with Crippen LogP contribution in [-0.4, -0.2) is 22.9 Å². The van der Waals surface area contributed by atoms with Gasteiger partial charge in [0.05, 0.1) is 5.56 Å². The summed E-state index contributed by atoms with van der Waals surface area (Å²) in [5, 5.41) is 0. The first-order valence-corrected chi connectivity index (χ1v) is 6.65. The summed E-state index contributed by atoms with van der Waals surface area (Å²) in [5.74, 6) is 0.334. The van der Waals surface area contributed by atoms with E-state index in [9.17, 15) is 9.59 Å². The lowest BCUT2D eigenvalue weighted by atomic mass is 10.1. The summed E-state index contributed by atoms with van der Waals surface area (Å²) in [7, 11) is 1.88. The second-order valence-corrected chi connectivity index (χ2v) is 4.90. The van der Waals surface area contributed by atoms with Crippen molar-refractivity contribution in [3.63, 3.8) is 0 Å². The number of ether oxygens (including phenoxy) is 2.